The molecule has 154 valence electrons. The van der Waals surface area contributed by atoms with Crippen LogP contribution in [0.4, 0.5) is 22.9 Å². The van der Waals surface area contributed by atoms with Crippen molar-refractivity contribution in [3.8, 4) is 5.69 Å². The zero-order valence-electron chi connectivity index (χ0n) is 16.8. The van der Waals surface area contributed by atoms with Gasteiger partial charge in [0.1, 0.15) is 0 Å². The van der Waals surface area contributed by atoms with Gasteiger partial charge in [0, 0.05) is 5.69 Å². The van der Waals surface area contributed by atoms with Crippen molar-refractivity contribution in [1.29, 1.82) is 0 Å². The molecule has 4 aromatic rings. The molecule has 0 amide bonds. The van der Waals surface area contributed by atoms with Crippen LogP contribution in [0.3, 0.4) is 0 Å². The molecule has 2 N–H and O–H groups in total. The highest BCUT2D eigenvalue weighted by Gasteiger charge is 2.28. The maximum Gasteiger partial charge on any atom is 0.340 e. The Morgan fingerprint density at radius 2 is 1.61 bits per heavy atom. The van der Waals surface area contributed by atoms with E-state index < -0.39 is 4.92 Å². The summed E-state index contributed by atoms with van der Waals surface area (Å²) in [5.74, 6) is 0.256. The van der Waals surface area contributed by atoms with Gasteiger partial charge in [-0.05, 0) is 42.8 Å². The minimum Gasteiger partial charge on any atom is -0.334 e. The van der Waals surface area contributed by atoms with Crippen molar-refractivity contribution in [3.63, 3.8) is 0 Å². The van der Waals surface area contributed by atoms with E-state index in [9.17, 15) is 10.1 Å². The van der Waals surface area contributed by atoms with Crippen LogP contribution in [-0.4, -0.2) is 20.9 Å². The van der Waals surface area contributed by atoms with E-state index >= 15 is 0 Å². The summed E-state index contributed by atoms with van der Waals surface area (Å²) in [4.78, 5) is 11.6. The summed E-state index contributed by atoms with van der Waals surface area (Å²) in [6, 6.07) is 26.2. The number of hydrazone groups is 1. The molecule has 0 spiro atoms. The average Bonchev–Trinajstić information content (AvgIpc) is 3.15. The Morgan fingerprint density at radius 1 is 0.968 bits per heavy atom. The lowest BCUT2D eigenvalue weighted by Crippen LogP contribution is -2.04. The second kappa shape index (κ2) is 8.91. The highest BCUT2D eigenvalue weighted by atomic mass is 16.6. The third-order valence-electron chi connectivity index (χ3n) is 4.62. The molecule has 8 nitrogen and oxygen atoms in total. The van der Waals surface area contributed by atoms with Crippen molar-refractivity contribution < 1.29 is 4.92 Å². The molecule has 0 saturated carbocycles. The minimum absolute atomic E-state index is 0.133. The topological polar surface area (TPSA) is 97.4 Å². The second-order valence-electron chi connectivity index (χ2n) is 6.76. The lowest BCUT2D eigenvalue weighted by Gasteiger charge is -2.11. The number of aryl methyl sites for hydroxylation is 1. The number of nitrogens with zero attached hydrogens (tertiary/aromatic N) is 4. The summed E-state index contributed by atoms with van der Waals surface area (Å²) in [6.07, 6.45) is 1.35. The van der Waals surface area contributed by atoms with Crippen molar-refractivity contribution in [2.75, 3.05) is 10.7 Å². The number of hydrogen-bond acceptors (Lipinski definition) is 6. The third-order valence-corrected chi connectivity index (χ3v) is 4.62. The molecular formula is C23H20N6O2. The van der Waals surface area contributed by atoms with Crippen LogP contribution in [0, 0.1) is 17.0 Å². The molecule has 1 heterocycles. The molecule has 0 aliphatic carbocycles. The Kier molecular flexibility index (Phi) is 5.70. The molecule has 0 atom stereocenters. The van der Waals surface area contributed by atoms with E-state index in [1.165, 1.54) is 10.9 Å². The van der Waals surface area contributed by atoms with Crippen molar-refractivity contribution in [3.05, 3.63) is 106 Å². The number of hydrogen-bond donors (Lipinski definition) is 2. The summed E-state index contributed by atoms with van der Waals surface area (Å²) >= 11 is 0. The molecule has 0 saturated heterocycles. The number of para-hydroxylation sites is 3. The van der Waals surface area contributed by atoms with Crippen molar-refractivity contribution in [2.24, 2.45) is 5.10 Å². The van der Waals surface area contributed by atoms with Crippen LogP contribution in [0.2, 0.25) is 0 Å². The minimum atomic E-state index is -0.448. The van der Waals surface area contributed by atoms with E-state index in [0.717, 1.165) is 16.9 Å². The summed E-state index contributed by atoms with van der Waals surface area (Å²) in [6.45, 7) is 1.93. The molecule has 0 unspecified atom stereocenters. The van der Waals surface area contributed by atoms with Crippen LogP contribution in [0.25, 0.3) is 5.69 Å². The van der Waals surface area contributed by atoms with Gasteiger partial charge in [0.25, 0.3) is 0 Å². The smallest absolute Gasteiger partial charge is 0.334 e. The van der Waals surface area contributed by atoms with Gasteiger partial charge >= 0.3 is 5.69 Å². The number of rotatable bonds is 7. The number of aromatic nitrogens is 2. The molecule has 31 heavy (non-hydrogen) atoms. The van der Waals surface area contributed by atoms with Gasteiger partial charge in [-0.15, -0.1) is 0 Å². The first-order chi connectivity index (χ1) is 15.1. The standard InChI is InChI=1S/C23H20N6O2/c1-17-10-8-9-15-20(17)25-23-22(29(30)31)21(16-24-26-18-11-4-2-5-12-18)27-28(23)19-13-6-3-7-14-19/h2-16,25-26H,1H3. The summed E-state index contributed by atoms with van der Waals surface area (Å²) in [5.41, 5.74) is 6.01. The fourth-order valence-corrected chi connectivity index (χ4v) is 3.08. The number of nitro groups is 1. The first-order valence-electron chi connectivity index (χ1n) is 9.63. The Hall–Kier alpha value is -4.46. The van der Waals surface area contributed by atoms with Gasteiger partial charge in [0.15, 0.2) is 5.69 Å². The Bertz CT molecular complexity index is 1220. The average molecular weight is 412 g/mol. The molecule has 3 aromatic carbocycles. The van der Waals surface area contributed by atoms with Gasteiger partial charge in [-0.25, -0.2) is 4.68 Å². The molecule has 4 rings (SSSR count). The number of anilines is 3. The van der Waals surface area contributed by atoms with Gasteiger partial charge in [0.2, 0.25) is 5.82 Å². The molecule has 0 bridgehead atoms. The molecular weight excluding hydrogens is 392 g/mol. The van der Waals surface area contributed by atoms with Gasteiger partial charge < -0.3 is 5.32 Å². The van der Waals surface area contributed by atoms with E-state index in [-0.39, 0.29) is 17.2 Å². The number of benzene rings is 3. The van der Waals surface area contributed by atoms with Crippen molar-refractivity contribution in [2.45, 2.75) is 6.92 Å². The Morgan fingerprint density at radius 3 is 2.29 bits per heavy atom. The maximum atomic E-state index is 12.0. The SMILES string of the molecule is Cc1ccccc1Nc1c([N+](=O)[O-])c(C=NNc2ccccc2)nn1-c1ccccc1. The maximum absolute atomic E-state index is 12.0. The highest BCUT2D eigenvalue weighted by molar-refractivity contribution is 5.89. The number of nitrogens with one attached hydrogen (secondary N) is 2. The molecule has 0 radical (unpaired) electrons. The van der Waals surface area contributed by atoms with E-state index in [0.29, 0.717) is 5.69 Å². The van der Waals surface area contributed by atoms with Crippen LogP contribution < -0.4 is 10.7 Å². The highest BCUT2D eigenvalue weighted by Crippen LogP contribution is 2.33. The second-order valence-corrected chi connectivity index (χ2v) is 6.76. The normalized spacial score (nSPS) is 10.9. The summed E-state index contributed by atoms with van der Waals surface area (Å²) in [5, 5.41) is 23.8. The monoisotopic (exact) mass is 412 g/mol. The predicted octanol–water partition coefficient (Wildman–Crippen LogP) is 5.28. The zero-order valence-corrected chi connectivity index (χ0v) is 16.8. The molecule has 0 aliphatic rings. The van der Waals surface area contributed by atoms with Gasteiger partial charge in [-0.1, -0.05) is 54.6 Å². The van der Waals surface area contributed by atoms with Gasteiger partial charge in [-0.2, -0.15) is 10.2 Å². The van der Waals surface area contributed by atoms with Crippen LogP contribution in [0.1, 0.15) is 11.3 Å². The van der Waals surface area contributed by atoms with Crippen molar-refractivity contribution >= 4 is 29.1 Å². The lowest BCUT2D eigenvalue weighted by molar-refractivity contribution is -0.384. The zero-order chi connectivity index (χ0) is 21.6. The molecule has 0 fully saturated rings. The van der Waals surface area contributed by atoms with Crippen LogP contribution in [0.5, 0.6) is 0 Å². The Balaban J connectivity index is 1.79. The summed E-state index contributed by atoms with van der Waals surface area (Å²) < 4.78 is 1.52. The first kappa shape index (κ1) is 19.8. The lowest BCUT2D eigenvalue weighted by atomic mass is 10.2. The van der Waals surface area contributed by atoms with E-state index in [2.05, 4.69) is 20.9 Å². The van der Waals surface area contributed by atoms with Crippen LogP contribution >= 0.6 is 0 Å². The molecule has 1 aromatic heterocycles. The van der Waals surface area contributed by atoms with Gasteiger partial charge in [0.05, 0.1) is 22.5 Å². The quantitative estimate of drug-likeness (QED) is 0.245. The van der Waals surface area contributed by atoms with E-state index in [1.807, 2.05) is 91.9 Å². The summed E-state index contributed by atoms with van der Waals surface area (Å²) in [7, 11) is 0. The fourth-order valence-electron chi connectivity index (χ4n) is 3.08. The predicted molar refractivity (Wildman–Crippen MR) is 122 cm³/mol. The van der Waals surface area contributed by atoms with Gasteiger partial charge in [-0.3, -0.25) is 15.5 Å². The fraction of sp³-hybridized carbons (Fsp3) is 0.0435. The largest absolute Gasteiger partial charge is 0.340 e. The van der Waals surface area contributed by atoms with Crippen LogP contribution in [-0.2, 0) is 0 Å². The van der Waals surface area contributed by atoms with Crippen molar-refractivity contribution in [1.82, 2.24) is 9.78 Å². The van der Waals surface area contributed by atoms with Crippen LogP contribution in [0.15, 0.2) is 90.0 Å². The molecule has 8 heteroatoms. The molecule has 0 aliphatic heterocycles. The third kappa shape index (κ3) is 4.43. The Labute approximate surface area is 179 Å². The van der Waals surface area contributed by atoms with E-state index in [1.54, 1.807) is 0 Å². The van der Waals surface area contributed by atoms with E-state index in [4.69, 9.17) is 0 Å². The first-order valence-corrected chi connectivity index (χ1v) is 9.63.